The topological polar surface area (TPSA) is 140 Å². The van der Waals surface area contributed by atoms with E-state index in [1.165, 1.54) is 5.56 Å². The molecule has 2 aromatic carbocycles. The Bertz CT molecular complexity index is 1020. The van der Waals surface area contributed by atoms with Crippen molar-refractivity contribution < 1.29 is 40.1 Å². The second kappa shape index (κ2) is 16.5. The minimum absolute atomic E-state index is 0.0567. The second-order valence-electron chi connectivity index (χ2n) is 10.2. The van der Waals surface area contributed by atoms with Gasteiger partial charge in [0.1, 0.15) is 12.4 Å². The van der Waals surface area contributed by atoms with Gasteiger partial charge in [0, 0.05) is 12.0 Å². The van der Waals surface area contributed by atoms with E-state index in [-0.39, 0.29) is 24.9 Å². The number of allylic oxidation sites excluding steroid dienone is 2. The van der Waals surface area contributed by atoms with Crippen LogP contribution in [0.3, 0.4) is 0 Å². The van der Waals surface area contributed by atoms with Crippen LogP contribution in [0.25, 0.3) is 0 Å². The van der Waals surface area contributed by atoms with Crippen molar-refractivity contribution in [2.45, 2.75) is 82.7 Å². The van der Waals surface area contributed by atoms with Gasteiger partial charge in [0.25, 0.3) is 0 Å². The molecule has 0 spiro atoms. The summed E-state index contributed by atoms with van der Waals surface area (Å²) in [6.07, 6.45) is 7.59. The first-order valence-corrected chi connectivity index (χ1v) is 13.7. The largest absolute Gasteiger partial charge is 0.426 e. The Morgan fingerprint density at radius 1 is 0.974 bits per heavy atom. The SMILES string of the molecule is O=C(CCC/C=C\C[C@@H]1[C@@H](CC[C@@H](O)CCc2ccccc2)[C@H](O)C[C@@H]1O)Oc1ccccc1CON(O)O. The van der Waals surface area contributed by atoms with Crippen molar-refractivity contribution in [2.75, 3.05) is 0 Å². The fourth-order valence-corrected chi connectivity index (χ4v) is 5.17. The highest BCUT2D eigenvalue weighted by molar-refractivity contribution is 5.72. The van der Waals surface area contributed by atoms with Crippen LogP contribution in [0.5, 0.6) is 5.75 Å². The molecule has 5 N–H and O–H groups in total. The van der Waals surface area contributed by atoms with Crippen LogP contribution in [-0.2, 0) is 22.7 Å². The molecular weight excluding hydrogens is 502 g/mol. The molecule has 0 unspecified atom stereocenters. The molecule has 3 rings (SSSR count). The summed E-state index contributed by atoms with van der Waals surface area (Å²) in [4.78, 5) is 16.8. The van der Waals surface area contributed by atoms with E-state index in [0.29, 0.717) is 56.3 Å². The lowest BCUT2D eigenvalue weighted by molar-refractivity contribution is -0.497. The molecule has 1 aliphatic rings. The molecule has 0 amide bonds. The first-order chi connectivity index (χ1) is 18.8. The molecule has 0 radical (unpaired) electrons. The number of hydrogen-bond acceptors (Lipinski definition) is 9. The Labute approximate surface area is 229 Å². The maximum atomic E-state index is 12.2. The summed E-state index contributed by atoms with van der Waals surface area (Å²) >= 11 is 0. The molecule has 9 nitrogen and oxygen atoms in total. The summed E-state index contributed by atoms with van der Waals surface area (Å²) in [6.45, 7) is -0.172. The normalized spacial score (nSPS) is 22.0. The van der Waals surface area contributed by atoms with Gasteiger partial charge in [-0.15, -0.1) is 0 Å². The van der Waals surface area contributed by atoms with Crippen molar-refractivity contribution in [3.63, 3.8) is 0 Å². The van der Waals surface area contributed by atoms with Crippen molar-refractivity contribution in [3.05, 3.63) is 77.9 Å². The molecular formula is C30H41NO8. The van der Waals surface area contributed by atoms with E-state index in [1.54, 1.807) is 24.3 Å². The zero-order valence-corrected chi connectivity index (χ0v) is 22.2. The van der Waals surface area contributed by atoms with Crippen LogP contribution < -0.4 is 4.74 Å². The third-order valence-electron chi connectivity index (χ3n) is 7.32. The monoisotopic (exact) mass is 543 g/mol. The quantitative estimate of drug-likeness (QED) is 0.0687. The maximum absolute atomic E-state index is 12.2. The van der Waals surface area contributed by atoms with Crippen LogP contribution in [0, 0.1) is 11.8 Å². The highest BCUT2D eigenvalue weighted by Crippen LogP contribution is 2.38. The van der Waals surface area contributed by atoms with Crippen molar-refractivity contribution in [2.24, 2.45) is 11.8 Å². The van der Waals surface area contributed by atoms with Crippen molar-refractivity contribution in [1.82, 2.24) is 5.39 Å². The fourth-order valence-electron chi connectivity index (χ4n) is 5.17. The molecule has 1 aliphatic carbocycles. The van der Waals surface area contributed by atoms with Gasteiger partial charge in [-0.05, 0) is 74.8 Å². The van der Waals surface area contributed by atoms with Crippen LogP contribution in [0.4, 0.5) is 0 Å². The molecule has 0 heterocycles. The van der Waals surface area contributed by atoms with E-state index in [4.69, 9.17) is 15.2 Å². The van der Waals surface area contributed by atoms with Gasteiger partial charge in [-0.25, -0.2) is 4.84 Å². The number of benzene rings is 2. The first-order valence-electron chi connectivity index (χ1n) is 13.7. The standard InChI is InChI=1S/C30H41NO8/c32-24(17-16-22-10-4-3-5-11-22)18-19-26-25(27(33)20-28(26)34)13-6-1-2-7-15-30(35)39-29-14-9-8-12-23(29)21-38-31(36)37/h1,3-6,8-12,14,24-28,32-34,36-37H,2,7,13,15-21H2/b6-1-/t24-,25+,26+,27-,28+/m0/s1. The number of esters is 1. The molecule has 1 saturated carbocycles. The van der Waals surface area contributed by atoms with Crippen LogP contribution >= 0.6 is 0 Å². The number of para-hydroxylation sites is 1. The van der Waals surface area contributed by atoms with Crippen LogP contribution in [0.15, 0.2) is 66.7 Å². The number of unbranched alkanes of at least 4 members (excludes halogenated alkanes) is 1. The summed E-state index contributed by atoms with van der Waals surface area (Å²) in [5.74, 6) is -0.223. The molecule has 214 valence electrons. The van der Waals surface area contributed by atoms with E-state index in [0.717, 1.165) is 6.42 Å². The lowest BCUT2D eigenvalue weighted by Crippen LogP contribution is -2.23. The zero-order valence-electron chi connectivity index (χ0n) is 22.2. The van der Waals surface area contributed by atoms with Crippen molar-refractivity contribution in [1.29, 1.82) is 0 Å². The van der Waals surface area contributed by atoms with E-state index in [9.17, 15) is 20.1 Å². The Morgan fingerprint density at radius 3 is 2.46 bits per heavy atom. The number of hydrogen-bond donors (Lipinski definition) is 5. The van der Waals surface area contributed by atoms with Crippen LogP contribution in [0.1, 0.15) is 62.5 Å². The molecule has 2 aromatic rings. The molecule has 5 atom stereocenters. The second-order valence-corrected chi connectivity index (χ2v) is 10.2. The highest BCUT2D eigenvalue weighted by atomic mass is 17.1. The zero-order chi connectivity index (χ0) is 28.0. The minimum atomic E-state index is -0.570. The third-order valence-corrected chi connectivity index (χ3v) is 7.32. The maximum Gasteiger partial charge on any atom is 0.311 e. The Balaban J connectivity index is 1.36. The van der Waals surface area contributed by atoms with Crippen LogP contribution in [-0.4, -0.2) is 55.4 Å². The molecule has 0 aliphatic heterocycles. The number of carbonyl (C=O) groups is 1. The number of ether oxygens (including phenoxy) is 1. The van der Waals surface area contributed by atoms with Gasteiger partial charge in [0.05, 0.1) is 23.7 Å². The average molecular weight is 544 g/mol. The number of nitrogens with zero attached hydrogens (tertiary/aromatic N) is 1. The lowest BCUT2D eigenvalue weighted by Gasteiger charge is -2.23. The smallest absolute Gasteiger partial charge is 0.311 e. The number of aryl methyl sites for hydroxylation is 1. The lowest BCUT2D eigenvalue weighted by atomic mass is 9.85. The summed E-state index contributed by atoms with van der Waals surface area (Å²) in [7, 11) is 0. The van der Waals surface area contributed by atoms with E-state index in [2.05, 4.69) is 17.0 Å². The molecule has 39 heavy (non-hydrogen) atoms. The third kappa shape index (κ3) is 10.8. The first kappa shape index (κ1) is 30.9. The average Bonchev–Trinajstić information content (AvgIpc) is 3.19. The van der Waals surface area contributed by atoms with Gasteiger partial charge in [-0.2, -0.15) is 0 Å². The van der Waals surface area contributed by atoms with Crippen molar-refractivity contribution >= 4 is 5.97 Å². The van der Waals surface area contributed by atoms with Crippen LogP contribution in [0.2, 0.25) is 0 Å². The van der Waals surface area contributed by atoms with Gasteiger partial charge in [-0.3, -0.25) is 15.2 Å². The van der Waals surface area contributed by atoms with Crippen molar-refractivity contribution in [3.8, 4) is 5.75 Å². The summed E-state index contributed by atoms with van der Waals surface area (Å²) < 4.78 is 5.39. The van der Waals surface area contributed by atoms with E-state index >= 15 is 0 Å². The molecule has 1 fully saturated rings. The summed E-state index contributed by atoms with van der Waals surface area (Å²) in [5, 5.41) is 48.5. The Kier molecular flexibility index (Phi) is 13.1. The summed E-state index contributed by atoms with van der Waals surface area (Å²) in [5.41, 5.74) is 1.69. The van der Waals surface area contributed by atoms with Gasteiger partial charge in [0.2, 0.25) is 0 Å². The molecule has 0 bridgehead atoms. The summed E-state index contributed by atoms with van der Waals surface area (Å²) in [6, 6.07) is 16.7. The predicted molar refractivity (Wildman–Crippen MR) is 144 cm³/mol. The predicted octanol–water partition coefficient (Wildman–Crippen LogP) is 4.35. The fraction of sp³-hybridized carbons (Fsp3) is 0.500. The molecule has 0 aromatic heterocycles. The molecule has 0 saturated heterocycles. The number of carbonyl (C=O) groups excluding carboxylic acids is 1. The highest BCUT2D eigenvalue weighted by Gasteiger charge is 2.40. The van der Waals surface area contributed by atoms with E-state index in [1.807, 2.05) is 30.4 Å². The number of aliphatic hydroxyl groups is 3. The minimum Gasteiger partial charge on any atom is -0.426 e. The van der Waals surface area contributed by atoms with Gasteiger partial charge in [-0.1, -0.05) is 60.7 Å². The molecule has 9 heteroatoms. The Hall–Kier alpha value is -2.63. The number of aliphatic hydroxyl groups excluding tert-OH is 3. The van der Waals surface area contributed by atoms with Gasteiger partial charge < -0.3 is 20.1 Å². The Morgan fingerprint density at radius 2 is 1.69 bits per heavy atom. The van der Waals surface area contributed by atoms with Gasteiger partial charge in [0.15, 0.2) is 0 Å². The van der Waals surface area contributed by atoms with E-state index < -0.39 is 29.7 Å². The number of rotatable bonds is 16. The van der Waals surface area contributed by atoms with Gasteiger partial charge >= 0.3 is 5.97 Å².